The number of nitrogens with two attached hydrogens (primary N) is 1. The highest BCUT2D eigenvalue weighted by Crippen LogP contribution is 2.38. The summed E-state index contributed by atoms with van der Waals surface area (Å²) in [5.74, 6) is 1.15. The topological polar surface area (TPSA) is 81.7 Å². The van der Waals surface area contributed by atoms with Crippen LogP contribution in [0.15, 0.2) is 36.5 Å². The molecule has 1 saturated heterocycles. The van der Waals surface area contributed by atoms with Gasteiger partial charge >= 0.3 is 6.18 Å². The molecule has 1 aromatic carbocycles. The Labute approximate surface area is 166 Å². The summed E-state index contributed by atoms with van der Waals surface area (Å²) in [7, 11) is 1.84. The van der Waals surface area contributed by atoms with Crippen LogP contribution in [0.3, 0.4) is 0 Å². The van der Waals surface area contributed by atoms with Crippen LogP contribution in [0, 0.1) is 0 Å². The van der Waals surface area contributed by atoms with Gasteiger partial charge in [0.25, 0.3) is 0 Å². The van der Waals surface area contributed by atoms with Crippen LogP contribution in [-0.4, -0.2) is 32.6 Å². The molecule has 0 bridgehead atoms. The second-order valence-electron chi connectivity index (χ2n) is 7.13. The number of hydrogen-bond donors (Lipinski definition) is 2. The van der Waals surface area contributed by atoms with Crippen molar-refractivity contribution in [2.45, 2.75) is 24.9 Å². The average Bonchev–Trinajstić information content (AvgIpc) is 3.05. The van der Waals surface area contributed by atoms with Gasteiger partial charge in [-0.2, -0.15) is 13.2 Å². The van der Waals surface area contributed by atoms with E-state index in [0.717, 1.165) is 43.9 Å². The second kappa shape index (κ2) is 7.47. The number of anilines is 1. The molecule has 29 heavy (non-hydrogen) atoms. The number of imidazole rings is 1. The molecule has 1 aliphatic heterocycles. The zero-order valence-corrected chi connectivity index (χ0v) is 15.9. The van der Waals surface area contributed by atoms with Gasteiger partial charge in [-0.25, -0.2) is 15.0 Å². The molecule has 3 N–H and O–H groups in total. The van der Waals surface area contributed by atoms with Gasteiger partial charge in [-0.1, -0.05) is 12.1 Å². The maximum atomic E-state index is 13.3. The molecule has 0 unspecified atom stereocenters. The normalized spacial score (nSPS) is 15.6. The fourth-order valence-corrected chi connectivity index (χ4v) is 3.82. The van der Waals surface area contributed by atoms with E-state index in [4.69, 9.17) is 10.7 Å². The highest BCUT2D eigenvalue weighted by Gasteiger charge is 2.32. The van der Waals surface area contributed by atoms with Gasteiger partial charge in [0.15, 0.2) is 0 Å². The lowest BCUT2D eigenvalue weighted by molar-refractivity contribution is -0.137. The van der Waals surface area contributed by atoms with Crippen LogP contribution in [0.5, 0.6) is 0 Å². The molecule has 152 valence electrons. The molecule has 0 saturated carbocycles. The number of aromatic nitrogens is 4. The van der Waals surface area contributed by atoms with Gasteiger partial charge in [0, 0.05) is 24.7 Å². The predicted octanol–water partition coefficient (Wildman–Crippen LogP) is 3.61. The smallest absolute Gasteiger partial charge is 0.368 e. The van der Waals surface area contributed by atoms with E-state index in [-0.39, 0.29) is 11.9 Å². The summed E-state index contributed by atoms with van der Waals surface area (Å²) in [5, 5.41) is 3.32. The van der Waals surface area contributed by atoms with E-state index in [2.05, 4.69) is 15.3 Å². The van der Waals surface area contributed by atoms with Gasteiger partial charge in [-0.15, -0.1) is 0 Å². The molecule has 0 spiro atoms. The molecule has 0 aliphatic carbocycles. The molecule has 0 atom stereocenters. The van der Waals surface area contributed by atoms with Crippen molar-refractivity contribution in [3.63, 3.8) is 0 Å². The summed E-state index contributed by atoms with van der Waals surface area (Å²) in [6, 6.07) is 6.95. The van der Waals surface area contributed by atoms with Crippen molar-refractivity contribution in [3.05, 3.63) is 47.9 Å². The van der Waals surface area contributed by atoms with Gasteiger partial charge in [0.1, 0.15) is 11.5 Å². The zero-order valence-electron chi connectivity index (χ0n) is 15.9. The molecule has 4 rings (SSSR count). The van der Waals surface area contributed by atoms with Gasteiger partial charge in [0.2, 0.25) is 5.95 Å². The van der Waals surface area contributed by atoms with E-state index in [0.29, 0.717) is 22.6 Å². The minimum Gasteiger partial charge on any atom is -0.368 e. The molecule has 3 aromatic rings. The lowest BCUT2D eigenvalue weighted by Crippen LogP contribution is -2.27. The Hall–Kier alpha value is -2.94. The number of nitrogens with zero attached hydrogens (tertiary/aromatic N) is 4. The molecular weight excluding hydrogens is 381 g/mol. The number of hydrogen-bond acceptors (Lipinski definition) is 5. The van der Waals surface area contributed by atoms with Gasteiger partial charge in [-0.3, -0.25) is 0 Å². The number of alkyl halides is 3. The summed E-state index contributed by atoms with van der Waals surface area (Å²) in [5.41, 5.74) is 7.05. The van der Waals surface area contributed by atoms with E-state index < -0.39 is 11.7 Å². The van der Waals surface area contributed by atoms with Crippen LogP contribution in [-0.2, 0) is 13.2 Å². The van der Waals surface area contributed by atoms with Crippen molar-refractivity contribution in [3.8, 4) is 22.6 Å². The Morgan fingerprint density at radius 3 is 2.59 bits per heavy atom. The summed E-state index contributed by atoms with van der Waals surface area (Å²) >= 11 is 0. The van der Waals surface area contributed by atoms with Crippen LogP contribution in [0.1, 0.15) is 30.1 Å². The second-order valence-corrected chi connectivity index (χ2v) is 7.13. The maximum Gasteiger partial charge on any atom is 0.416 e. The maximum absolute atomic E-state index is 13.3. The Bertz CT molecular complexity index is 1020. The third-order valence-electron chi connectivity index (χ3n) is 5.21. The number of nitrogen functional groups attached to an aromatic ring is 1. The Morgan fingerprint density at radius 2 is 1.90 bits per heavy atom. The predicted molar refractivity (Wildman–Crippen MR) is 104 cm³/mol. The van der Waals surface area contributed by atoms with Crippen LogP contribution in [0.25, 0.3) is 22.6 Å². The first-order valence-corrected chi connectivity index (χ1v) is 9.38. The van der Waals surface area contributed by atoms with Crippen molar-refractivity contribution in [1.29, 1.82) is 0 Å². The largest absolute Gasteiger partial charge is 0.416 e. The fraction of sp³-hybridized carbons (Fsp3) is 0.350. The first kappa shape index (κ1) is 19.4. The first-order valence-electron chi connectivity index (χ1n) is 9.38. The summed E-state index contributed by atoms with van der Waals surface area (Å²) in [6.45, 7) is 1.76. The van der Waals surface area contributed by atoms with Crippen molar-refractivity contribution in [2.24, 2.45) is 7.05 Å². The van der Waals surface area contributed by atoms with Crippen LogP contribution >= 0.6 is 0 Å². The van der Waals surface area contributed by atoms with Gasteiger partial charge in [0.05, 0.1) is 17.0 Å². The summed E-state index contributed by atoms with van der Waals surface area (Å²) < 4.78 is 41.8. The summed E-state index contributed by atoms with van der Waals surface area (Å²) in [4.78, 5) is 13.0. The van der Waals surface area contributed by atoms with E-state index in [1.807, 2.05) is 11.6 Å². The molecule has 3 heterocycles. The monoisotopic (exact) mass is 402 g/mol. The third kappa shape index (κ3) is 3.82. The van der Waals surface area contributed by atoms with Crippen molar-refractivity contribution in [1.82, 2.24) is 24.8 Å². The van der Waals surface area contributed by atoms with Crippen molar-refractivity contribution in [2.75, 3.05) is 18.8 Å². The molecule has 9 heteroatoms. The van der Waals surface area contributed by atoms with E-state index in [1.165, 1.54) is 12.3 Å². The lowest BCUT2D eigenvalue weighted by Gasteiger charge is -2.22. The standard InChI is InChI=1S/C20H21F3N6/c1-29-17(13-3-2-4-14(11-13)20(21,22)23)16(15-7-10-26-19(24)27-15)28-18(29)12-5-8-25-9-6-12/h2-4,7,10-12,25H,5-6,8-9H2,1H3,(H2,24,26,27). The van der Waals surface area contributed by atoms with Gasteiger partial charge < -0.3 is 15.6 Å². The number of piperidine rings is 1. The number of benzene rings is 1. The Balaban J connectivity index is 1.90. The fourth-order valence-electron chi connectivity index (χ4n) is 3.82. The van der Waals surface area contributed by atoms with Crippen LogP contribution < -0.4 is 11.1 Å². The molecular formula is C20H21F3N6. The minimum absolute atomic E-state index is 0.0894. The number of nitrogens with one attached hydrogen (secondary N) is 1. The van der Waals surface area contributed by atoms with E-state index in [9.17, 15) is 13.2 Å². The molecule has 6 nitrogen and oxygen atoms in total. The lowest BCUT2D eigenvalue weighted by atomic mass is 9.97. The molecule has 2 aromatic heterocycles. The third-order valence-corrected chi connectivity index (χ3v) is 5.21. The van der Waals surface area contributed by atoms with Gasteiger partial charge in [-0.05, 0) is 44.1 Å². The van der Waals surface area contributed by atoms with Crippen LogP contribution in [0.2, 0.25) is 0 Å². The Kier molecular flexibility index (Phi) is 4.99. The van der Waals surface area contributed by atoms with Crippen molar-refractivity contribution < 1.29 is 13.2 Å². The summed E-state index contributed by atoms with van der Waals surface area (Å²) in [6.07, 6.45) is -1.07. The highest BCUT2D eigenvalue weighted by molar-refractivity contribution is 5.78. The van der Waals surface area contributed by atoms with Crippen molar-refractivity contribution >= 4 is 5.95 Å². The molecule has 1 fully saturated rings. The minimum atomic E-state index is -4.42. The first-order chi connectivity index (χ1) is 13.8. The van der Waals surface area contributed by atoms with E-state index in [1.54, 1.807) is 12.1 Å². The average molecular weight is 402 g/mol. The number of rotatable bonds is 3. The highest BCUT2D eigenvalue weighted by atomic mass is 19.4. The quantitative estimate of drug-likeness (QED) is 0.700. The molecule has 0 radical (unpaired) electrons. The van der Waals surface area contributed by atoms with E-state index >= 15 is 0 Å². The zero-order chi connectivity index (χ0) is 20.6. The SMILES string of the molecule is Cn1c(C2CCNCC2)nc(-c2ccnc(N)n2)c1-c1cccc(C(F)(F)F)c1. The Morgan fingerprint density at radius 1 is 1.14 bits per heavy atom. The van der Waals surface area contributed by atoms with Crippen LogP contribution in [0.4, 0.5) is 19.1 Å². The number of halogens is 3. The molecule has 1 aliphatic rings. The molecule has 0 amide bonds.